The minimum Gasteiger partial charge on any atom is -0.177 e. The highest BCUT2D eigenvalue weighted by Crippen LogP contribution is 2.40. The smallest absolute Gasteiger partial charge is 0.177 e. The van der Waals surface area contributed by atoms with Crippen LogP contribution < -0.4 is 0 Å². The third kappa shape index (κ3) is 1.23. The largest absolute Gasteiger partial charge is 0.204 e. The number of benzene rings is 2. The van der Waals surface area contributed by atoms with Crippen molar-refractivity contribution in [1.82, 2.24) is 20.6 Å². The van der Waals surface area contributed by atoms with Crippen LogP contribution in [-0.2, 0) is 6.42 Å². The van der Waals surface area contributed by atoms with Crippen molar-refractivity contribution in [1.29, 1.82) is 0 Å². The van der Waals surface area contributed by atoms with Gasteiger partial charge in [0.2, 0.25) is 5.82 Å². The van der Waals surface area contributed by atoms with Gasteiger partial charge in [0.15, 0.2) is 0 Å². The zero-order valence-corrected chi connectivity index (χ0v) is 9.59. The number of nitrogens with zero attached hydrogens (tertiary/aromatic N) is 3. The number of rotatable bonds is 1. The van der Waals surface area contributed by atoms with E-state index < -0.39 is 0 Å². The standard InChI is InChI=1S/C14H10N4/c1-2-5-10-9(4-1)8-13-11(10)6-3-7-12(13)14-15-17-18-16-14/h1-7H,8H2,(H,15,16,17,18). The Balaban J connectivity index is 1.97. The fraction of sp³-hybridized carbons (Fsp3) is 0.0714. The Kier molecular flexibility index (Phi) is 1.85. The van der Waals surface area contributed by atoms with Gasteiger partial charge in [-0.25, -0.2) is 0 Å². The van der Waals surface area contributed by atoms with Crippen molar-refractivity contribution in [3.8, 4) is 22.5 Å². The molecule has 0 radical (unpaired) electrons. The first-order valence-electron chi connectivity index (χ1n) is 5.87. The highest BCUT2D eigenvalue weighted by molar-refractivity contribution is 5.82. The van der Waals surface area contributed by atoms with Crippen LogP contribution in [-0.4, -0.2) is 20.6 Å². The Morgan fingerprint density at radius 2 is 1.72 bits per heavy atom. The molecular formula is C14H10N4. The molecule has 1 N–H and O–H groups in total. The molecule has 0 amide bonds. The zero-order chi connectivity index (χ0) is 11.9. The molecule has 0 spiro atoms. The number of H-pyrrole nitrogens is 1. The van der Waals surface area contributed by atoms with Crippen LogP contribution in [0.2, 0.25) is 0 Å². The molecule has 0 saturated carbocycles. The summed E-state index contributed by atoms with van der Waals surface area (Å²) in [7, 11) is 0. The molecule has 1 heterocycles. The van der Waals surface area contributed by atoms with Gasteiger partial charge in [-0.3, -0.25) is 0 Å². The fourth-order valence-electron chi connectivity index (χ4n) is 2.64. The molecule has 1 aliphatic carbocycles. The molecule has 86 valence electrons. The van der Waals surface area contributed by atoms with Gasteiger partial charge in [-0.05, 0) is 33.9 Å². The molecule has 0 fully saturated rings. The molecule has 0 saturated heterocycles. The van der Waals surface area contributed by atoms with Gasteiger partial charge < -0.3 is 0 Å². The predicted octanol–water partition coefficient (Wildman–Crippen LogP) is 2.44. The predicted molar refractivity (Wildman–Crippen MR) is 67.9 cm³/mol. The maximum atomic E-state index is 4.08. The van der Waals surface area contributed by atoms with Crippen LogP contribution in [0.3, 0.4) is 0 Å². The summed E-state index contributed by atoms with van der Waals surface area (Å²) >= 11 is 0. The molecule has 0 aliphatic heterocycles. The molecule has 4 nitrogen and oxygen atoms in total. The van der Waals surface area contributed by atoms with Crippen molar-refractivity contribution in [2.24, 2.45) is 0 Å². The molecule has 3 aromatic rings. The van der Waals surface area contributed by atoms with Gasteiger partial charge in [0.1, 0.15) is 0 Å². The zero-order valence-electron chi connectivity index (χ0n) is 9.59. The monoisotopic (exact) mass is 234 g/mol. The van der Waals surface area contributed by atoms with Crippen LogP contribution in [0, 0.1) is 0 Å². The summed E-state index contributed by atoms with van der Waals surface area (Å²) in [6.45, 7) is 0. The van der Waals surface area contributed by atoms with E-state index in [-0.39, 0.29) is 0 Å². The van der Waals surface area contributed by atoms with E-state index in [0.29, 0.717) is 5.82 Å². The summed E-state index contributed by atoms with van der Waals surface area (Å²) < 4.78 is 0. The lowest BCUT2D eigenvalue weighted by Crippen LogP contribution is -1.89. The molecule has 4 heteroatoms. The van der Waals surface area contributed by atoms with Crippen molar-refractivity contribution in [2.75, 3.05) is 0 Å². The minimum atomic E-state index is 0.666. The summed E-state index contributed by atoms with van der Waals surface area (Å²) in [5, 5.41) is 14.3. The average molecular weight is 234 g/mol. The third-order valence-corrected chi connectivity index (χ3v) is 3.44. The second-order valence-electron chi connectivity index (χ2n) is 4.40. The summed E-state index contributed by atoms with van der Waals surface area (Å²) in [6.07, 6.45) is 0.941. The molecule has 0 unspecified atom stereocenters. The van der Waals surface area contributed by atoms with E-state index in [9.17, 15) is 0 Å². The molecule has 4 rings (SSSR count). The molecule has 1 aromatic heterocycles. The van der Waals surface area contributed by atoms with E-state index in [4.69, 9.17) is 0 Å². The third-order valence-electron chi connectivity index (χ3n) is 3.44. The SMILES string of the molecule is c1ccc2c(c1)Cc1c(-c3nn[nH]n3)cccc1-2. The van der Waals surface area contributed by atoms with Crippen molar-refractivity contribution in [3.63, 3.8) is 0 Å². The lowest BCUT2D eigenvalue weighted by atomic mass is 10.0. The average Bonchev–Trinajstić information content (AvgIpc) is 3.05. The number of aromatic amines is 1. The Morgan fingerprint density at radius 3 is 2.61 bits per heavy atom. The van der Waals surface area contributed by atoms with Gasteiger partial charge in [-0.15, -0.1) is 10.2 Å². The number of tetrazole rings is 1. The normalized spacial score (nSPS) is 12.2. The van der Waals surface area contributed by atoms with Gasteiger partial charge in [0.05, 0.1) is 0 Å². The van der Waals surface area contributed by atoms with E-state index in [1.165, 1.54) is 22.3 Å². The topological polar surface area (TPSA) is 54.5 Å². The summed E-state index contributed by atoms with van der Waals surface area (Å²) in [5.74, 6) is 0.666. The molecule has 1 aliphatic rings. The second-order valence-corrected chi connectivity index (χ2v) is 4.40. The Hall–Kier alpha value is -2.49. The number of hydrogen-bond acceptors (Lipinski definition) is 3. The lowest BCUT2D eigenvalue weighted by molar-refractivity contribution is 0.881. The van der Waals surface area contributed by atoms with Crippen LogP contribution in [0.5, 0.6) is 0 Å². The summed E-state index contributed by atoms with van der Waals surface area (Å²) in [6, 6.07) is 14.8. The first-order valence-corrected chi connectivity index (χ1v) is 5.87. The molecule has 0 bridgehead atoms. The number of nitrogens with one attached hydrogen (secondary N) is 1. The first kappa shape index (κ1) is 9.53. The number of fused-ring (bicyclic) bond motifs is 3. The quantitative estimate of drug-likeness (QED) is 0.550. The maximum absolute atomic E-state index is 4.08. The van der Waals surface area contributed by atoms with Crippen LogP contribution in [0.1, 0.15) is 11.1 Å². The van der Waals surface area contributed by atoms with E-state index in [1.807, 2.05) is 6.07 Å². The van der Waals surface area contributed by atoms with Crippen LogP contribution >= 0.6 is 0 Å². The second kappa shape index (κ2) is 3.50. The van der Waals surface area contributed by atoms with E-state index in [0.717, 1.165) is 12.0 Å². The van der Waals surface area contributed by atoms with Gasteiger partial charge in [-0.2, -0.15) is 5.21 Å². The minimum absolute atomic E-state index is 0.666. The van der Waals surface area contributed by atoms with Gasteiger partial charge in [0.25, 0.3) is 0 Å². The highest BCUT2D eigenvalue weighted by Gasteiger charge is 2.22. The Labute approximate surface area is 104 Å². The van der Waals surface area contributed by atoms with Gasteiger partial charge in [0, 0.05) is 5.56 Å². The van der Waals surface area contributed by atoms with Crippen molar-refractivity contribution < 1.29 is 0 Å². The number of hydrogen-bond donors (Lipinski definition) is 1. The van der Waals surface area contributed by atoms with Crippen LogP contribution in [0.4, 0.5) is 0 Å². The molecule has 0 atom stereocenters. The Morgan fingerprint density at radius 1 is 0.889 bits per heavy atom. The summed E-state index contributed by atoms with van der Waals surface area (Å²) in [5.41, 5.74) is 6.33. The van der Waals surface area contributed by atoms with Gasteiger partial charge in [-0.1, -0.05) is 42.5 Å². The molecular weight excluding hydrogens is 224 g/mol. The molecule has 2 aromatic carbocycles. The van der Waals surface area contributed by atoms with Crippen molar-refractivity contribution in [2.45, 2.75) is 6.42 Å². The van der Waals surface area contributed by atoms with Gasteiger partial charge >= 0.3 is 0 Å². The van der Waals surface area contributed by atoms with Crippen LogP contribution in [0.25, 0.3) is 22.5 Å². The fourth-order valence-corrected chi connectivity index (χ4v) is 2.64. The lowest BCUT2D eigenvalue weighted by Gasteiger charge is -2.04. The molecule has 18 heavy (non-hydrogen) atoms. The first-order chi connectivity index (χ1) is 8.93. The van der Waals surface area contributed by atoms with Crippen molar-refractivity contribution >= 4 is 0 Å². The van der Waals surface area contributed by atoms with E-state index >= 15 is 0 Å². The highest BCUT2D eigenvalue weighted by atomic mass is 15.5. The number of aromatic nitrogens is 4. The van der Waals surface area contributed by atoms with E-state index in [2.05, 4.69) is 57.0 Å². The Bertz CT molecular complexity index is 716. The van der Waals surface area contributed by atoms with Crippen molar-refractivity contribution in [3.05, 3.63) is 53.6 Å². The van der Waals surface area contributed by atoms with E-state index in [1.54, 1.807) is 0 Å². The van der Waals surface area contributed by atoms with Crippen LogP contribution in [0.15, 0.2) is 42.5 Å². The summed E-state index contributed by atoms with van der Waals surface area (Å²) in [4.78, 5) is 0. The maximum Gasteiger partial charge on any atom is 0.204 e.